The molecule has 0 radical (unpaired) electrons. The fourth-order valence-electron chi connectivity index (χ4n) is 5.43. The van der Waals surface area contributed by atoms with Gasteiger partial charge in [0, 0.05) is 17.3 Å². The van der Waals surface area contributed by atoms with Gasteiger partial charge < -0.3 is 14.8 Å². The van der Waals surface area contributed by atoms with Crippen LogP contribution in [-0.2, 0) is 16.1 Å². The third kappa shape index (κ3) is 5.40. The summed E-state index contributed by atoms with van der Waals surface area (Å²) in [5, 5.41) is 7.80. The normalized spacial score (nSPS) is 15.5. The molecule has 0 saturated carbocycles. The van der Waals surface area contributed by atoms with E-state index in [1.165, 1.54) is 11.8 Å². The van der Waals surface area contributed by atoms with Crippen LogP contribution in [0.15, 0.2) is 97.2 Å². The molecule has 2 aliphatic rings. The molecule has 1 atom stereocenters. The molecule has 0 bridgehead atoms. The highest BCUT2D eigenvalue weighted by Crippen LogP contribution is 2.50. The van der Waals surface area contributed by atoms with Crippen molar-refractivity contribution in [2.45, 2.75) is 18.7 Å². The molecule has 3 aromatic carbocycles. The van der Waals surface area contributed by atoms with Gasteiger partial charge >= 0.3 is 0 Å². The van der Waals surface area contributed by atoms with E-state index in [1.807, 2.05) is 97.9 Å². The molecule has 0 aliphatic carbocycles. The first-order valence-electron chi connectivity index (χ1n) is 14.3. The smallest absolute Gasteiger partial charge is 0.240 e. The van der Waals surface area contributed by atoms with E-state index in [1.54, 1.807) is 15.8 Å². The Balaban J connectivity index is 1.38. The van der Waals surface area contributed by atoms with Crippen LogP contribution in [0.3, 0.4) is 0 Å². The number of carbonyl (C=O) groups is 2. The molecule has 0 saturated heterocycles. The van der Waals surface area contributed by atoms with E-state index in [0.717, 1.165) is 39.3 Å². The number of ether oxygens (including phenoxy) is 2. The molecule has 0 spiro atoms. The van der Waals surface area contributed by atoms with Gasteiger partial charge in [0.1, 0.15) is 12.4 Å². The minimum Gasteiger partial charge on any atom is -0.454 e. The molecule has 1 N–H and O–H groups in total. The van der Waals surface area contributed by atoms with E-state index in [2.05, 4.69) is 10.3 Å². The standard InChI is InChI=1S/C34H29N5O4S/c1-22-10-13-26(14-11-22)39-34-31(32(37-39)23-7-3-2-4-8-23)33(24-12-15-27-28(17-24)43-21-42-27)44-20-30(41)38(34)19-29(40)36-18-25-9-5-6-16-35-25/h2-17,33H,18-21H2,1H3,(H,36,40). The molecule has 2 aliphatic heterocycles. The topological polar surface area (TPSA) is 98.6 Å². The molecule has 220 valence electrons. The molecular weight excluding hydrogens is 574 g/mol. The SMILES string of the molecule is Cc1ccc(-n2nc(-c3ccccc3)c3c2N(CC(=O)NCc2ccccn2)C(=O)CSC3c2ccc3c(c2)OCO3)cc1. The summed E-state index contributed by atoms with van der Waals surface area (Å²) >= 11 is 1.51. The Hall–Kier alpha value is -5.09. The van der Waals surface area contributed by atoms with Crippen LogP contribution < -0.4 is 19.7 Å². The van der Waals surface area contributed by atoms with Crippen LogP contribution in [0.4, 0.5) is 5.82 Å². The molecule has 5 aromatic rings. The van der Waals surface area contributed by atoms with Crippen molar-refractivity contribution in [1.82, 2.24) is 20.1 Å². The van der Waals surface area contributed by atoms with E-state index in [9.17, 15) is 9.59 Å². The van der Waals surface area contributed by atoms with E-state index in [4.69, 9.17) is 14.6 Å². The maximum atomic E-state index is 14.0. The maximum Gasteiger partial charge on any atom is 0.240 e. The van der Waals surface area contributed by atoms with Crippen LogP contribution >= 0.6 is 11.8 Å². The molecule has 1 unspecified atom stereocenters. The predicted molar refractivity (Wildman–Crippen MR) is 169 cm³/mol. The largest absolute Gasteiger partial charge is 0.454 e. The molecule has 44 heavy (non-hydrogen) atoms. The minimum atomic E-state index is -0.292. The van der Waals surface area contributed by atoms with E-state index in [0.29, 0.717) is 17.3 Å². The molecule has 2 aromatic heterocycles. The molecular formula is C34H29N5O4S. The number of hydrogen-bond donors (Lipinski definition) is 1. The van der Waals surface area contributed by atoms with E-state index < -0.39 is 0 Å². The summed E-state index contributed by atoms with van der Waals surface area (Å²) in [4.78, 5) is 33.2. The lowest BCUT2D eigenvalue weighted by atomic mass is 9.99. The molecule has 4 heterocycles. The molecule has 9 nitrogen and oxygen atoms in total. The van der Waals surface area contributed by atoms with Crippen LogP contribution in [0.2, 0.25) is 0 Å². The zero-order chi connectivity index (χ0) is 30.0. The van der Waals surface area contributed by atoms with Crippen LogP contribution in [0.5, 0.6) is 11.5 Å². The van der Waals surface area contributed by atoms with Gasteiger partial charge in [-0.3, -0.25) is 19.5 Å². The second kappa shape index (κ2) is 11.9. The zero-order valence-corrected chi connectivity index (χ0v) is 24.8. The average Bonchev–Trinajstić information content (AvgIpc) is 3.66. The van der Waals surface area contributed by atoms with Crippen molar-refractivity contribution < 1.29 is 19.1 Å². The quantitative estimate of drug-likeness (QED) is 0.264. The van der Waals surface area contributed by atoms with Gasteiger partial charge in [0.15, 0.2) is 11.5 Å². The highest BCUT2D eigenvalue weighted by molar-refractivity contribution is 8.00. The van der Waals surface area contributed by atoms with Crippen molar-refractivity contribution in [2.75, 3.05) is 24.0 Å². The summed E-state index contributed by atoms with van der Waals surface area (Å²) in [6.07, 6.45) is 1.69. The summed E-state index contributed by atoms with van der Waals surface area (Å²) < 4.78 is 13.1. The van der Waals surface area contributed by atoms with Crippen molar-refractivity contribution >= 4 is 29.4 Å². The number of pyridine rings is 1. The summed E-state index contributed by atoms with van der Waals surface area (Å²) in [7, 11) is 0. The Morgan fingerprint density at radius 3 is 2.57 bits per heavy atom. The number of amides is 2. The minimum absolute atomic E-state index is 0.168. The lowest BCUT2D eigenvalue weighted by Crippen LogP contribution is -2.42. The first-order valence-corrected chi connectivity index (χ1v) is 15.3. The number of fused-ring (bicyclic) bond motifs is 2. The van der Waals surface area contributed by atoms with Gasteiger partial charge in [-0.15, -0.1) is 11.8 Å². The van der Waals surface area contributed by atoms with Crippen LogP contribution in [0, 0.1) is 6.92 Å². The maximum absolute atomic E-state index is 14.0. The second-order valence-electron chi connectivity index (χ2n) is 10.6. The Morgan fingerprint density at radius 1 is 0.977 bits per heavy atom. The van der Waals surface area contributed by atoms with Gasteiger partial charge in [0.25, 0.3) is 0 Å². The van der Waals surface area contributed by atoms with Gasteiger partial charge in [-0.05, 0) is 48.9 Å². The van der Waals surface area contributed by atoms with Crippen molar-refractivity contribution in [3.8, 4) is 28.4 Å². The molecule has 0 fully saturated rings. The van der Waals surface area contributed by atoms with Crippen molar-refractivity contribution in [3.05, 3.63) is 120 Å². The number of anilines is 1. The number of hydrogen-bond acceptors (Lipinski definition) is 7. The number of aryl methyl sites for hydroxylation is 1. The lowest BCUT2D eigenvalue weighted by Gasteiger charge is -2.23. The number of carbonyl (C=O) groups excluding carboxylic acids is 2. The van der Waals surface area contributed by atoms with Crippen LogP contribution in [0.1, 0.15) is 27.6 Å². The van der Waals surface area contributed by atoms with Gasteiger partial charge in [0.05, 0.1) is 34.6 Å². The van der Waals surface area contributed by atoms with Gasteiger partial charge in [0.2, 0.25) is 18.6 Å². The first kappa shape index (κ1) is 27.7. The summed E-state index contributed by atoms with van der Waals surface area (Å²) in [6.45, 7) is 2.29. The zero-order valence-electron chi connectivity index (χ0n) is 24.0. The Labute approximate surface area is 258 Å². The Kier molecular flexibility index (Phi) is 7.49. The van der Waals surface area contributed by atoms with Crippen molar-refractivity contribution in [1.29, 1.82) is 0 Å². The molecule has 2 amide bonds. The number of benzene rings is 3. The number of aromatic nitrogens is 3. The first-order chi connectivity index (χ1) is 21.5. The second-order valence-corrected chi connectivity index (χ2v) is 11.7. The highest BCUT2D eigenvalue weighted by atomic mass is 32.2. The molecule has 7 rings (SSSR count). The monoisotopic (exact) mass is 603 g/mol. The third-order valence-electron chi connectivity index (χ3n) is 7.61. The predicted octanol–water partition coefficient (Wildman–Crippen LogP) is 5.46. The number of thioether (sulfide) groups is 1. The Bertz CT molecular complexity index is 1830. The lowest BCUT2D eigenvalue weighted by molar-refractivity contribution is -0.123. The Morgan fingerprint density at radius 2 is 1.77 bits per heavy atom. The van der Waals surface area contributed by atoms with Gasteiger partial charge in [-0.1, -0.05) is 60.2 Å². The number of rotatable bonds is 7. The number of nitrogens with one attached hydrogen (secondary N) is 1. The van der Waals surface area contributed by atoms with E-state index >= 15 is 0 Å². The number of nitrogens with zero attached hydrogens (tertiary/aromatic N) is 4. The van der Waals surface area contributed by atoms with Gasteiger partial charge in [-0.25, -0.2) is 4.68 Å². The van der Waals surface area contributed by atoms with Crippen molar-refractivity contribution in [2.24, 2.45) is 0 Å². The van der Waals surface area contributed by atoms with Crippen LogP contribution in [-0.4, -0.2) is 45.7 Å². The summed E-state index contributed by atoms with van der Waals surface area (Å²) in [5.41, 5.74) is 6.08. The summed E-state index contributed by atoms with van der Waals surface area (Å²) in [5.74, 6) is 1.62. The van der Waals surface area contributed by atoms with Crippen LogP contribution in [0.25, 0.3) is 16.9 Å². The highest BCUT2D eigenvalue weighted by Gasteiger charge is 2.38. The summed E-state index contributed by atoms with van der Waals surface area (Å²) in [6, 6.07) is 29.4. The fraction of sp³-hybridized carbons (Fsp3) is 0.176. The van der Waals surface area contributed by atoms with Gasteiger partial charge in [-0.2, -0.15) is 5.10 Å². The third-order valence-corrected chi connectivity index (χ3v) is 8.86. The molecule has 10 heteroatoms. The van der Waals surface area contributed by atoms with Crippen molar-refractivity contribution in [3.63, 3.8) is 0 Å². The van der Waals surface area contributed by atoms with E-state index in [-0.39, 0.29) is 42.7 Å². The fourth-order valence-corrected chi connectivity index (χ4v) is 6.61. The average molecular weight is 604 g/mol.